The van der Waals surface area contributed by atoms with Gasteiger partial charge in [0.05, 0.1) is 6.61 Å². The lowest BCUT2D eigenvalue weighted by Crippen LogP contribution is -2.51. The number of rotatable bonds is 8. The van der Waals surface area contributed by atoms with E-state index in [1.807, 2.05) is 5.32 Å². The molecule has 1 aromatic carbocycles. The third-order valence-corrected chi connectivity index (χ3v) is 4.10. The van der Waals surface area contributed by atoms with Gasteiger partial charge in [-0.15, -0.1) is 0 Å². The minimum absolute atomic E-state index is 0.343. The fraction of sp³-hybridized carbons (Fsp3) is 0.312. The molecule has 1 rings (SSSR count). The van der Waals surface area contributed by atoms with Crippen LogP contribution in [0.15, 0.2) is 30.3 Å². The first-order valence-corrected chi connectivity index (χ1v) is 8.47. The molecule has 1 atom stereocenters. The van der Waals surface area contributed by atoms with Crippen molar-refractivity contribution in [3.8, 4) is 0 Å². The summed E-state index contributed by atoms with van der Waals surface area (Å²) >= 11 is 0.535. The van der Waals surface area contributed by atoms with E-state index in [9.17, 15) is 29.1 Å². The van der Waals surface area contributed by atoms with Crippen molar-refractivity contribution in [1.82, 2.24) is 14.9 Å². The molecule has 0 unspecified atom stereocenters. The van der Waals surface area contributed by atoms with Crippen LogP contribution >= 0.6 is 11.9 Å². The fourth-order valence-electron chi connectivity index (χ4n) is 1.79. The zero-order chi connectivity index (χ0) is 20.4. The van der Waals surface area contributed by atoms with E-state index in [0.717, 1.165) is 4.31 Å². The first-order chi connectivity index (χ1) is 12.7. The molecule has 0 aromatic heterocycles. The molecule has 0 bridgehead atoms. The number of aliphatic carboxylic acids is 1. The largest absolute Gasteiger partial charge is 0.480 e. The number of carboxylic acid groups (broad SMARTS) is 1. The number of hydrogen-bond acceptors (Lipinski definition) is 7. The SMILES string of the molecule is CC(=O)N(CC(=O)N[C@H](CO)C(=O)NCC(=O)O)SC(=O)c1ccccc1. The van der Waals surface area contributed by atoms with E-state index in [-0.39, 0.29) is 0 Å². The van der Waals surface area contributed by atoms with Crippen LogP contribution in [0.25, 0.3) is 0 Å². The molecule has 0 aliphatic carbocycles. The summed E-state index contributed by atoms with van der Waals surface area (Å²) in [6.45, 7) is -0.817. The van der Waals surface area contributed by atoms with Crippen LogP contribution in [-0.4, -0.2) is 69.1 Å². The number of benzene rings is 1. The summed E-state index contributed by atoms with van der Waals surface area (Å²) in [6.07, 6.45) is 0. The highest BCUT2D eigenvalue weighted by atomic mass is 32.2. The predicted octanol–water partition coefficient (Wildman–Crippen LogP) is -0.999. The predicted molar refractivity (Wildman–Crippen MR) is 95.4 cm³/mol. The molecular formula is C16H19N3O7S. The maximum Gasteiger partial charge on any atom is 0.322 e. The van der Waals surface area contributed by atoms with E-state index in [4.69, 9.17) is 5.11 Å². The quantitative estimate of drug-likeness (QED) is 0.408. The van der Waals surface area contributed by atoms with Crippen LogP contribution in [0.2, 0.25) is 0 Å². The van der Waals surface area contributed by atoms with Crippen molar-refractivity contribution >= 4 is 40.8 Å². The van der Waals surface area contributed by atoms with Crippen LogP contribution in [0.4, 0.5) is 0 Å². The molecule has 0 fully saturated rings. The molecule has 0 spiro atoms. The van der Waals surface area contributed by atoms with Crippen molar-refractivity contribution in [3.63, 3.8) is 0 Å². The summed E-state index contributed by atoms with van der Waals surface area (Å²) in [5, 5.41) is 21.4. The van der Waals surface area contributed by atoms with E-state index in [1.54, 1.807) is 30.3 Å². The van der Waals surface area contributed by atoms with E-state index in [1.165, 1.54) is 6.92 Å². The molecule has 10 nitrogen and oxygen atoms in total. The van der Waals surface area contributed by atoms with Gasteiger partial charge in [0.15, 0.2) is 0 Å². The van der Waals surface area contributed by atoms with Crippen LogP contribution < -0.4 is 10.6 Å². The van der Waals surface area contributed by atoms with Gasteiger partial charge in [-0.2, -0.15) is 0 Å². The maximum absolute atomic E-state index is 12.2. The number of nitrogens with one attached hydrogen (secondary N) is 2. The topological polar surface area (TPSA) is 153 Å². The van der Waals surface area contributed by atoms with Crippen LogP contribution in [0.1, 0.15) is 17.3 Å². The number of carbonyl (C=O) groups excluding carboxylic acids is 4. The molecule has 146 valence electrons. The average molecular weight is 397 g/mol. The first kappa shape index (κ1) is 22.1. The Kier molecular flexibility index (Phi) is 8.96. The molecule has 0 saturated carbocycles. The highest BCUT2D eigenvalue weighted by Crippen LogP contribution is 2.17. The van der Waals surface area contributed by atoms with Crippen molar-refractivity contribution in [1.29, 1.82) is 0 Å². The van der Waals surface area contributed by atoms with Gasteiger partial charge in [-0.3, -0.25) is 28.3 Å². The van der Waals surface area contributed by atoms with Crippen LogP contribution in [0.5, 0.6) is 0 Å². The van der Waals surface area contributed by atoms with Gasteiger partial charge in [-0.1, -0.05) is 30.3 Å². The van der Waals surface area contributed by atoms with E-state index < -0.39 is 54.5 Å². The molecule has 0 saturated heterocycles. The number of hydrogen-bond donors (Lipinski definition) is 4. The summed E-state index contributed by atoms with van der Waals surface area (Å²) in [5.74, 6) is -3.54. The van der Waals surface area contributed by atoms with Gasteiger partial charge in [0.2, 0.25) is 22.8 Å². The van der Waals surface area contributed by atoms with Crippen LogP contribution in [0, 0.1) is 0 Å². The lowest BCUT2D eigenvalue weighted by Gasteiger charge is -2.20. The minimum atomic E-state index is -1.39. The zero-order valence-corrected chi connectivity index (χ0v) is 15.2. The molecule has 3 amide bonds. The summed E-state index contributed by atoms with van der Waals surface area (Å²) < 4.78 is 0.911. The molecule has 11 heteroatoms. The van der Waals surface area contributed by atoms with Crippen molar-refractivity contribution in [2.45, 2.75) is 13.0 Å². The summed E-state index contributed by atoms with van der Waals surface area (Å²) in [5.41, 5.74) is 0.343. The van der Waals surface area contributed by atoms with Gasteiger partial charge in [0, 0.05) is 24.4 Å². The van der Waals surface area contributed by atoms with Gasteiger partial charge in [0.25, 0.3) is 0 Å². The van der Waals surface area contributed by atoms with Gasteiger partial charge in [-0.05, 0) is 0 Å². The van der Waals surface area contributed by atoms with Crippen molar-refractivity contribution in [3.05, 3.63) is 35.9 Å². The molecule has 1 aromatic rings. The van der Waals surface area contributed by atoms with Gasteiger partial charge in [-0.25, -0.2) is 0 Å². The molecule has 0 radical (unpaired) electrons. The maximum atomic E-state index is 12.2. The first-order valence-electron chi connectivity index (χ1n) is 7.69. The Bertz CT molecular complexity index is 711. The second-order valence-corrected chi connectivity index (χ2v) is 6.21. The Balaban J connectivity index is 2.66. The van der Waals surface area contributed by atoms with Crippen molar-refractivity contribution < 1.29 is 34.2 Å². The van der Waals surface area contributed by atoms with E-state index in [0.29, 0.717) is 17.5 Å². The van der Waals surface area contributed by atoms with Gasteiger partial charge >= 0.3 is 5.97 Å². The second-order valence-electron chi connectivity index (χ2n) is 5.21. The van der Waals surface area contributed by atoms with Crippen LogP contribution in [-0.2, 0) is 19.2 Å². The smallest absolute Gasteiger partial charge is 0.322 e. The molecule has 0 heterocycles. The minimum Gasteiger partial charge on any atom is -0.480 e. The van der Waals surface area contributed by atoms with Crippen molar-refractivity contribution in [2.75, 3.05) is 19.7 Å². The normalized spacial score (nSPS) is 11.2. The third-order valence-electron chi connectivity index (χ3n) is 3.09. The monoisotopic (exact) mass is 397 g/mol. The van der Waals surface area contributed by atoms with Gasteiger partial charge < -0.3 is 20.8 Å². The number of carbonyl (C=O) groups is 5. The van der Waals surface area contributed by atoms with Gasteiger partial charge in [0.1, 0.15) is 19.1 Å². The Labute approximate surface area is 159 Å². The van der Waals surface area contributed by atoms with Crippen LogP contribution in [0.3, 0.4) is 0 Å². The number of aliphatic hydroxyl groups excluding tert-OH is 1. The number of amides is 3. The number of carboxylic acids is 1. The average Bonchev–Trinajstić information content (AvgIpc) is 2.64. The Hall–Kier alpha value is -2.92. The summed E-state index contributed by atoms with van der Waals surface area (Å²) in [4.78, 5) is 58.0. The Morgan fingerprint density at radius 1 is 1.15 bits per heavy atom. The van der Waals surface area contributed by atoms with E-state index in [2.05, 4.69) is 5.32 Å². The molecule has 0 aliphatic heterocycles. The molecular weight excluding hydrogens is 378 g/mol. The molecule has 4 N–H and O–H groups in total. The highest BCUT2D eigenvalue weighted by molar-refractivity contribution is 8.12. The molecule has 27 heavy (non-hydrogen) atoms. The number of nitrogens with zero attached hydrogens (tertiary/aromatic N) is 1. The Morgan fingerprint density at radius 2 is 1.78 bits per heavy atom. The van der Waals surface area contributed by atoms with Crippen molar-refractivity contribution in [2.24, 2.45) is 0 Å². The number of aliphatic hydroxyl groups is 1. The second kappa shape index (κ2) is 10.9. The molecule has 0 aliphatic rings. The summed E-state index contributed by atoms with van der Waals surface area (Å²) in [6, 6.07) is 6.76. The lowest BCUT2D eigenvalue weighted by molar-refractivity contribution is -0.138. The summed E-state index contributed by atoms with van der Waals surface area (Å²) in [7, 11) is 0. The lowest BCUT2D eigenvalue weighted by atomic mass is 10.2. The Morgan fingerprint density at radius 3 is 2.30 bits per heavy atom. The third kappa shape index (κ3) is 7.88. The highest BCUT2D eigenvalue weighted by Gasteiger charge is 2.24. The standard InChI is InChI=1S/C16H19N3O7S/c1-10(21)19(27-16(26)11-5-3-2-4-6-11)8-13(22)18-12(9-20)15(25)17-7-14(23)24/h2-6,12,20H,7-9H2,1H3,(H,17,25)(H,18,22)(H,23,24)/t12-/m1/s1. The fourth-order valence-corrected chi connectivity index (χ4v) is 2.54. The van der Waals surface area contributed by atoms with E-state index >= 15 is 0 Å². The zero-order valence-electron chi connectivity index (χ0n) is 14.4.